The Morgan fingerprint density at radius 3 is 2.64 bits per heavy atom. The lowest BCUT2D eigenvalue weighted by atomic mass is 10.1. The summed E-state index contributed by atoms with van der Waals surface area (Å²) in [7, 11) is 0. The van der Waals surface area contributed by atoms with Gasteiger partial charge in [-0.15, -0.1) is 10.2 Å². The highest BCUT2D eigenvalue weighted by molar-refractivity contribution is 6.32. The summed E-state index contributed by atoms with van der Waals surface area (Å²) in [5.74, 6) is 0.394. The van der Waals surface area contributed by atoms with Crippen molar-refractivity contribution in [2.24, 2.45) is 5.73 Å². The molecule has 1 aromatic rings. The fourth-order valence-corrected chi connectivity index (χ4v) is 0.986. The number of halogens is 2. The van der Waals surface area contributed by atoms with Gasteiger partial charge in [0.1, 0.15) is 6.61 Å². The minimum atomic E-state index is -0.431. The van der Waals surface area contributed by atoms with E-state index in [9.17, 15) is 0 Å². The van der Waals surface area contributed by atoms with Crippen molar-refractivity contribution in [1.29, 1.82) is 0 Å². The summed E-state index contributed by atoms with van der Waals surface area (Å²) in [6.45, 7) is 4.02. The first-order chi connectivity index (χ1) is 6.38. The van der Waals surface area contributed by atoms with Crippen LogP contribution in [0.2, 0.25) is 10.3 Å². The van der Waals surface area contributed by atoms with Crippen LogP contribution < -0.4 is 10.5 Å². The van der Waals surface area contributed by atoms with Crippen molar-refractivity contribution < 1.29 is 4.74 Å². The van der Waals surface area contributed by atoms with Crippen LogP contribution in [0.3, 0.4) is 0 Å². The summed E-state index contributed by atoms with van der Waals surface area (Å²) in [4.78, 5) is 0. The molecule has 0 aliphatic rings. The van der Waals surface area contributed by atoms with Crippen molar-refractivity contribution in [3.63, 3.8) is 0 Å². The zero-order valence-corrected chi connectivity index (χ0v) is 9.43. The molecule has 4 nitrogen and oxygen atoms in total. The third-order valence-electron chi connectivity index (χ3n) is 1.29. The number of hydrogen-bond acceptors (Lipinski definition) is 4. The van der Waals surface area contributed by atoms with E-state index in [1.54, 1.807) is 0 Å². The Balaban J connectivity index is 2.72. The normalized spacial score (nSPS) is 11.5. The van der Waals surface area contributed by atoms with E-state index in [4.69, 9.17) is 33.7 Å². The zero-order chi connectivity index (χ0) is 10.8. The van der Waals surface area contributed by atoms with E-state index in [-0.39, 0.29) is 10.3 Å². The minimum Gasteiger partial charge on any atom is -0.488 e. The van der Waals surface area contributed by atoms with Gasteiger partial charge in [0.25, 0.3) is 0 Å². The Morgan fingerprint density at radius 2 is 2.07 bits per heavy atom. The molecule has 78 valence electrons. The monoisotopic (exact) mass is 235 g/mol. The van der Waals surface area contributed by atoms with Crippen molar-refractivity contribution in [3.05, 3.63) is 16.4 Å². The molecule has 0 amide bonds. The number of nitrogens with zero attached hydrogens (tertiary/aromatic N) is 2. The van der Waals surface area contributed by atoms with E-state index >= 15 is 0 Å². The van der Waals surface area contributed by atoms with Crippen molar-refractivity contribution in [3.8, 4) is 5.75 Å². The summed E-state index contributed by atoms with van der Waals surface area (Å²) in [5, 5.41) is 7.57. The SMILES string of the molecule is CC(C)(N)COc1cc(Cl)nnc1Cl. The van der Waals surface area contributed by atoms with Gasteiger partial charge in [-0.3, -0.25) is 0 Å². The van der Waals surface area contributed by atoms with Gasteiger partial charge >= 0.3 is 0 Å². The molecule has 0 aromatic carbocycles. The Labute approximate surface area is 92.4 Å². The lowest BCUT2D eigenvalue weighted by Crippen LogP contribution is -2.38. The molecule has 0 saturated carbocycles. The highest BCUT2D eigenvalue weighted by atomic mass is 35.5. The first-order valence-electron chi connectivity index (χ1n) is 3.99. The Morgan fingerprint density at radius 1 is 1.43 bits per heavy atom. The lowest BCUT2D eigenvalue weighted by Gasteiger charge is -2.19. The van der Waals surface area contributed by atoms with Crippen LogP contribution in [-0.4, -0.2) is 22.3 Å². The number of nitrogens with two attached hydrogens (primary N) is 1. The molecule has 0 bridgehead atoms. The molecule has 1 heterocycles. The Hall–Kier alpha value is -0.580. The lowest BCUT2D eigenvalue weighted by molar-refractivity contribution is 0.242. The maximum Gasteiger partial charge on any atom is 0.193 e. The Kier molecular flexibility index (Phi) is 3.53. The Bertz CT molecular complexity index is 325. The van der Waals surface area contributed by atoms with E-state index in [1.807, 2.05) is 13.8 Å². The topological polar surface area (TPSA) is 61.0 Å². The molecule has 1 aromatic heterocycles. The van der Waals surface area contributed by atoms with Gasteiger partial charge in [0.2, 0.25) is 0 Å². The fraction of sp³-hybridized carbons (Fsp3) is 0.500. The molecule has 1 rings (SSSR count). The molecule has 0 radical (unpaired) electrons. The first kappa shape index (κ1) is 11.5. The second kappa shape index (κ2) is 4.29. The molecule has 0 saturated heterocycles. The molecule has 2 N–H and O–H groups in total. The standard InChI is InChI=1S/C8H11Cl2N3O/c1-8(2,11)4-14-5-3-6(9)12-13-7(5)10/h3H,4,11H2,1-2H3. The average Bonchev–Trinajstić information content (AvgIpc) is 2.05. The van der Waals surface area contributed by atoms with Crippen molar-refractivity contribution in [1.82, 2.24) is 10.2 Å². The van der Waals surface area contributed by atoms with Crippen LogP contribution in [0.15, 0.2) is 6.07 Å². The van der Waals surface area contributed by atoms with Crippen LogP contribution in [0.25, 0.3) is 0 Å². The zero-order valence-electron chi connectivity index (χ0n) is 7.92. The largest absolute Gasteiger partial charge is 0.488 e. The van der Waals surface area contributed by atoms with Gasteiger partial charge in [-0.1, -0.05) is 23.2 Å². The van der Waals surface area contributed by atoms with E-state index in [0.29, 0.717) is 12.4 Å². The third-order valence-corrected chi connectivity index (χ3v) is 1.73. The van der Waals surface area contributed by atoms with Gasteiger partial charge in [0.05, 0.1) is 0 Å². The second-order valence-electron chi connectivity index (χ2n) is 3.60. The predicted molar refractivity (Wildman–Crippen MR) is 55.8 cm³/mol. The first-order valence-corrected chi connectivity index (χ1v) is 4.74. The van der Waals surface area contributed by atoms with Crippen LogP contribution in [0.1, 0.15) is 13.8 Å². The minimum absolute atomic E-state index is 0.179. The molecule has 0 aliphatic heterocycles. The average molecular weight is 236 g/mol. The van der Waals surface area contributed by atoms with E-state index in [1.165, 1.54) is 6.07 Å². The number of ether oxygens (including phenoxy) is 1. The van der Waals surface area contributed by atoms with Crippen molar-refractivity contribution >= 4 is 23.2 Å². The number of rotatable bonds is 3. The van der Waals surface area contributed by atoms with Crippen molar-refractivity contribution in [2.75, 3.05) is 6.61 Å². The van der Waals surface area contributed by atoms with Crippen molar-refractivity contribution in [2.45, 2.75) is 19.4 Å². The number of aromatic nitrogens is 2. The maximum absolute atomic E-state index is 5.73. The fourth-order valence-electron chi connectivity index (χ4n) is 0.703. The number of hydrogen-bond donors (Lipinski definition) is 1. The summed E-state index contributed by atoms with van der Waals surface area (Å²) in [6, 6.07) is 1.50. The highest BCUT2D eigenvalue weighted by Gasteiger charge is 2.13. The van der Waals surface area contributed by atoms with Gasteiger partial charge in [0, 0.05) is 11.6 Å². The van der Waals surface area contributed by atoms with E-state index in [0.717, 1.165) is 0 Å². The molecule has 0 unspecified atom stereocenters. The highest BCUT2D eigenvalue weighted by Crippen LogP contribution is 2.23. The van der Waals surface area contributed by atoms with E-state index < -0.39 is 5.54 Å². The summed E-state index contributed by atoms with van der Waals surface area (Å²) < 4.78 is 5.34. The molecule has 6 heteroatoms. The third kappa shape index (κ3) is 3.65. The molecular formula is C8H11Cl2N3O. The van der Waals surface area contributed by atoms with Gasteiger partial charge in [-0.2, -0.15) is 0 Å². The molecule has 0 atom stereocenters. The molecule has 0 aliphatic carbocycles. The second-order valence-corrected chi connectivity index (χ2v) is 4.34. The van der Waals surface area contributed by atoms with Crippen LogP contribution in [0.5, 0.6) is 5.75 Å². The molecule has 0 fully saturated rings. The molecule has 14 heavy (non-hydrogen) atoms. The summed E-state index contributed by atoms with van der Waals surface area (Å²) >= 11 is 11.4. The summed E-state index contributed by atoms with van der Waals surface area (Å²) in [6.07, 6.45) is 0. The van der Waals surface area contributed by atoms with Crippen LogP contribution >= 0.6 is 23.2 Å². The van der Waals surface area contributed by atoms with Gasteiger partial charge in [-0.05, 0) is 13.8 Å². The van der Waals surface area contributed by atoms with E-state index in [2.05, 4.69) is 10.2 Å². The van der Waals surface area contributed by atoms with Gasteiger partial charge < -0.3 is 10.5 Å². The molecular weight excluding hydrogens is 225 g/mol. The van der Waals surface area contributed by atoms with Crippen LogP contribution in [-0.2, 0) is 0 Å². The predicted octanol–water partition coefficient (Wildman–Crippen LogP) is 1.90. The van der Waals surface area contributed by atoms with Gasteiger partial charge in [0.15, 0.2) is 16.1 Å². The van der Waals surface area contributed by atoms with Crippen LogP contribution in [0, 0.1) is 0 Å². The van der Waals surface area contributed by atoms with Crippen LogP contribution in [0.4, 0.5) is 0 Å². The maximum atomic E-state index is 5.73. The summed E-state index contributed by atoms with van der Waals surface area (Å²) in [5.41, 5.74) is 5.30. The van der Waals surface area contributed by atoms with Gasteiger partial charge in [-0.25, -0.2) is 0 Å². The molecule has 0 spiro atoms. The smallest absolute Gasteiger partial charge is 0.193 e. The quantitative estimate of drug-likeness (QED) is 0.870.